The predicted octanol–water partition coefficient (Wildman–Crippen LogP) is 3.27. The number of hydrogen-bond donors (Lipinski definition) is 1. The van der Waals surface area contributed by atoms with Crippen molar-refractivity contribution in [3.63, 3.8) is 0 Å². The molecular weight excluding hydrogens is 338 g/mol. The maximum Gasteiger partial charge on any atom is 0.234 e. The summed E-state index contributed by atoms with van der Waals surface area (Å²) in [7, 11) is 0. The van der Waals surface area contributed by atoms with E-state index in [-0.39, 0.29) is 5.91 Å². The molecule has 1 saturated carbocycles. The number of amides is 1. The average molecular weight is 366 g/mol. The highest BCUT2D eigenvalue weighted by Gasteiger charge is 2.23. The minimum Gasteiger partial charge on any atom is -0.492 e. The van der Waals surface area contributed by atoms with Crippen LogP contribution in [0.4, 0.5) is 0 Å². The van der Waals surface area contributed by atoms with Gasteiger partial charge in [-0.2, -0.15) is 0 Å². The lowest BCUT2D eigenvalue weighted by Gasteiger charge is -2.32. The summed E-state index contributed by atoms with van der Waals surface area (Å²) in [6, 6.07) is 2.20. The number of rotatable bonds is 6. The molecule has 0 radical (unpaired) electrons. The van der Waals surface area contributed by atoms with Crippen LogP contribution in [0.3, 0.4) is 0 Å². The van der Waals surface area contributed by atoms with Gasteiger partial charge in [-0.15, -0.1) is 0 Å². The van der Waals surface area contributed by atoms with Gasteiger partial charge in [0.2, 0.25) is 5.91 Å². The number of nitrogens with one attached hydrogen (secondary N) is 1. The van der Waals surface area contributed by atoms with Crippen molar-refractivity contribution in [3.8, 4) is 5.75 Å². The molecule has 5 nitrogen and oxygen atoms in total. The van der Waals surface area contributed by atoms with E-state index in [1.54, 1.807) is 18.5 Å². The van der Waals surface area contributed by atoms with E-state index in [2.05, 4.69) is 15.2 Å². The number of carbonyl (C=O) groups excluding carboxylic acids is 1. The lowest BCUT2D eigenvalue weighted by molar-refractivity contribution is -0.123. The second kappa shape index (κ2) is 9.39. The molecule has 2 aliphatic rings. The van der Waals surface area contributed by atoms with Crippen molar-refractivity contribution in [2.75, 3.05) is 26.2 Å². The van der Waals surface area contributed by atoms with Crippen LogP contribution < -0.4 is 10.1 Å². The van der Waals surface area contributed by atoms with E-state index < -0.39 is 0 Å². The highest BCUT2D eigenvalue weighted by Crippen LogP contribution is 2.24. The Hall–Kier alpha value is -1.33. The van der Waals surface area contributed by atoms with Crippen LogP contribution in [-0.4, -0.2) is 48.1 Å². The molecule has 0 aromatic carbocycles. The molecule has 1 N–H and O–H groups in total. The Morgan fingerprint density at radius 3 is 2.72 bits per heavy atom. The van der Waals surface area contributed by atoms with Crippen LogP contribution in [-0.2, 0) is 4.79 Å². The SMILES string of the molecule is O=C(CN1CCC(COc2ccncc2Cl)CC1)NC1CCCCC1. The van der Waals surface area contributed by atoms with Crippen molar-refractivity contribution in [3.05, 3.63) is 23.5 Å². The maximum atomic E-state index is 12.2. The number of carbonyl (C=O) groups is 1. The van der Waals surface area contributed by atoms with E-state index in [1.807, 2.05) is 0 Å². The molecule has 1 amide bonds. The Kier molecular flexibility index (Phi) is 6.93. The van der Waals surface area contributed by atoms with Crippen molar-refractivity contribution in [2.45, 2.75) is 51.0 Å². The second-order valence-electron chi connectivity index (χ2n) is 7.24. The van der Waals surface area contributed by atoms with Gasteiger partial charge < -0.3 is 10.1 Å². The number of halogens is 1. The molecule has 0 spiro atoms. The Balaban J connectivity index is 1.34. The molecule has 0 atom stereocenters. The number of aromatic nitrogens is 1. The third kappa shape index (κ3) is 5.86. The van der Waals surface area contributed by atoms with Gasteiger partial charge in [0.25, 0.3) is 0 Å². The zero-order chi connectivity index (χ0) is 17.5. The molecule has 1 aliphatic carbocycles. The van der Waals surface area contributed by atoms with Crippen LogP contribution in [0, 0.1) is 5.92 Å². The molecule has 25 heavy (non-hydrogen) atoms. The number of nitrogens with zero attached hydrogens (tertiary/aromatic N) is 2. The second-order valence-corrected chi connectivity index (χ2v) is 7.65. The zero-order valence-electron chi connectivity index (χ0n) is 14.8. The van der Waals surface area contributed by atoms with Gasteiger partial charge in [0, 0.05) is 24.5 Å². The first kappa shape index (κ1) is 18.5. The molecule has 3 rings (SSSR count). The number of piperidine rings is 1. The van der Waals surface area contributed by atoms with E-state index >= 15 is 0 Å². The molecule has 138 valence electrons. The lowest BCUT2D eigenvalue weighted by Crippen LogP contribution is -2.45. The Labute approximate surface area is 155 Å². The lowest BCUT2D eigenvalue weighted by atomic mass is 9.95. The molecule has 1 aromatic heterocycles. The normalized spacial score (nSPS) is 20.4. The highest BCUT2D eigenvalue weighted by molar-refractivity contribution is 6.31. The minimum atomic E-state index is 0.185. The van der Waals surface area contributed by atoms with E-state index in [0.717, 1.165) is 38.8 Å². The predicted molar refractivity (Wildman–Crippen MR) is 98.9 cm³/mol. The van der Waals surface area contributed by atoms with Crippen molar-refractivity contribution in [2.24, 2.45) is 5.92 Å². The van der Waals surface area contributed by atoms with E-state index in [1.165, 1.54) is 19.3 Å². The summed E-state index contributed by atoms with van der Waals surface area (Å²) >= 11 is 6.06. The van der Waals surface area contributed by atoms with Crippen molar-refractivity contribution in [1.29, 1.82) is 0 Å². The number of likely N-dealkylation sites (tertiary alicyclic amines) is 1. The van der Waals surface area contributed by atoms with Gasteiger partial charge in [-0.05, 0) is 44.7 Å². The smallest absolute Gasteiger partial charge is 0.234 e. The number of hydrogen-bond acceptors (Lipinski definition) is 4. The molecule has 0 unspecified atom stereocenters. The standard InChI is InChI=1S/C19H28ClN3O2/c20-17-12-21-9-6-18(17)25-14-15-7-10-23(11-8-15)13-19(24)22-16-4-2-1-3-5-16/h6,9,12,15-16H,1-5,7-8,10-11,13-14H2,(H,22,24). The van der Waals surface area contributed by atoms with Crippen LogP contribution in [0.1, 0.15) is 44.9 Å². The summed E-state index contributed by atoms with van der Waals surface area (Å²) in [4.78, 5) is 18.4. The fraction of sp³-hybridized carbons (Fsp3) is 0.684. The van der Waals surface area contributed by atoms with Crippen LogP contribution in [0.2, 0.25) is 5.02 Å². The van der Waals surface area contributed by atoms with Crippen molar-refractivity contribution in [1.82, 2.24) is 15.2 Å². The van der Waals surface area contributed by atoms with Crippen molar-refractivity contribution < 1.29 is 9.53 Å². The quantitative estimate of drug-likeness (QED) is 0.840. The average Bonchev–Trinajstić information content (AvgIpc) is 2.63. The molecule has 1 aliphatic heterocycles. The first-order valence-corrected chi connectivity index (χ1v) is 9.82. The zero-order valence-corrected chi connectivity index (χ0v) is 15.5. The number of pyridine rings is 1. The third-order valence-electron chi connectivity index (χ3n) is 5.25. The topological polar surface area (TPSA) is 54.5 Å². The molecule has 1 aromatic rings. The van der Waals surface area contributed by atoms with Crippen LogP contribution in [0.5, 0.6) is 5.75 Å². The minimum absolute atomic E-state index is 0.185. The maximum absolute atomic E-state index is 12.2. The molecular formula is C19H28ClN3O2. The van der Waals surface area contributed by atoms with Gasteiger partial charge in [0.15, 0.2) is 0 Å². The van der Waals surface area contributed by atoms with Crippen LogP contribution in [0.25, 0.3) is 0 Å². The molecule has 2 fully saturated rings. The van der Waals surface area contributed by atoms with Crippen LogP contribution in [0.15, 0.2) is 18.5 Å². The fourth-order valence-corrected chi connectivity index (χ4v) is 3.90. The first-order chi connectivity index (χ1) is 12.2. The Morgan fingerprint density at radius 1 is 1.24 bits per heavy atom. The third-order valence-corrected chi connectivity index (χ3v) is 5.54. The summed E-state index contributed by atoms with van der Waals surface area (Å²) in [6.45, 7) is 3.11. The summed E-state index contributed by atoms with van der Waals surface area (Å²) in [5, 5.41) is 3.76. The monoisotopic (exact) mass is 365 g/mol. The fourth-order valence-electron chi connectivity index (χ4n) is 3.72. The van der Waals surface area contributed by atoms with E-state index in [0.29, 0.717) is 35.9 Å². The van der Waals surface area contributed by atoms with Crippen LogP contribution >= 0.6 is 11.6 Å². The Morgan fingerprint density at radius 2 is 2.00 bits per heavy atom. The van der Waals surface area contributed by atoms with Gasteiger partial charge in [-0.1, -0.05) is 30.9 Å². The summed E-state index contributed by atoms with van der Waals surface area (Å²) in [6.07, 6.45) is 11.5. The van der Waals surface area contributed by atoms with Gasteiger partial charge in [-0.25, -0.2) is 0 Å². The van der Waals surface area contributed by atoms with Gasteiger partial charge in [-0.3, -0.25) is 14.7 Å². The first-order valence-electron chi connectivity index (χ1n) is 9.45. The van der Waals surface area contributed by atoms with Gasteiger partial charge in [0.05, 0.1) is 13.2 Å². The highest BCUT2D eigenvalue weighted by atomic mass is 35.5. The largest absolute Gasteiger partial charge is 0.492 e. The van der Waals surface area contributed by atoms with Gasteiger partial charge >= 0.3 is 0 Å². The van der Waals surface area contributed by atoms with E-state index in [9.17, 15) is 4.79 Å². The molecule has 6 heteroatoms. The summed E-state index contributed by atoms with van der Waals surface area (Å²) < 4.78 is 5.82. The molecule has 2 heterocycles. The summed E-state index contributed by atoms with van der Waals surface area (Å²) in [5.41, 5.74) is 0. The molecule has 1 saturated heterocycles. The Bertz CT molecular complexity index is 555. The van der Waals surface area contributed by atoms with E-state index in [4.69, 9.17) is 16.3 Å². The summed E-state index contributed by atoms with van der Waals surface area (Å²) in [5.74, 6) is 1.40. The van der Waals surface area contributed by atoms with Gasteiger partial charge in [0.1, 0.15) is 10.8 Å². The molecule has 0 bridgehead atoms. The number of ether oxygens (including phenoxy) is 1. The van der Waals surface area contributed by atoms with Crippen molar-refractivity contribution >= 4 is 17.5 Å².